The first-order valence-electron chi connectivity index (χ1n) is 10.4. The Morgan fingerprint density at radius 1 is 1.14 bits per heavy atom. The van der Waals surface area contributed by atoms with Gasteiger partial charge in [-0.15, -0.1) is 0 Å². The summed E-state index contributed by atoms with van der Waals surface area (Å²) < 4.78 is 30.4. The highest BCUT2D eigenvalue weighted by atomic mass is 32.2. The van der Waals surface area contributed by atoms with Gasteiger partial charge in [0.25, 0.3) is 0 Å². The highest BCUT2D eigenvalue weighted by molar-refractivity contribution is 7.89. The molecule has 29 heavy (non-hydrogen) atoms. The number of benzene rings is 1. The van der Waals surface area contributed by atoms with Gasteiger partial charge in [0.05, 0.1) is 22.1 Å². The third-order valence-corrected chi connectivity index (χ3v) is 8.12. The van der Waals surface area contributed by atoms with Crippen molar-refractivity contribution in [2.24, 2.45) is 0 Å². The molecule has 0 amide bonds. The minimum Gasteiger partial charge on any atom is -0.324 e. The molecule has 0 radical (unpaired) electrons. The second-order valence-corrected chi connectivity index (χ2v) is 10.4. The van der Waals surface area contributed by atoms with Crippen LogP contribution in [-0.2, 0) is 22.9 Å². The summed E-state index contributed by atoms with van der Waals surface area (Å²) in [6.07, 6.45) is 7.54. The van der Waals surface area contributed by atoms with E-state index in [1.54, 1.807) is 16.6 Å². The minimum atomic E-state index is -3.48. The van der Waals surface area contributed by atoms with Gasteiger partial charge in [0.1, 0.15) is 5.82 Å². The zero-order valence-electron chi connectivity index (χ0n) is 16.9. The first kappa shape index (κ1) is 18.8. The largest absolute Gasteiger partial charge is 0.324 e. The van der Waals surface area contributed by atoms with Gasteiger partial charge < -0.3 is 4.57 Å². The maximum atomic E-state index is 13.3. The predicted molar refractivity (Wildman–Crippen MR) is 112 cm³/mol. The van der Waals surface area contributed by atoms with Gasteiger partial charge in [-0.05, 0) is 68.9 Å². The van der Waals surface area contributed by atoms with Crippen molar-refractivity contribution >= 4 is 21.1 Å². The number of pyridine rings is 1. The Kier molecular flexibility index (Phi) is 4.47. The van der Waals surface area contributed by atoms with E-state index in [0.29, 0.717) is 18.0 Å². The molecule has 1 fully saturated rings. The van der Waals surface area contributed by atoms with Crippen molar-refractivity contribution < 1.29 is 8.42 Å². The molecule has 2 aliphatic rings. The van der Waals surface area contributed by atoms with Gasteiger partial charge in [0, 0.05) is 31.2 Å². The number of hydrogen-bond donors (Lipinski definition) is 0. The van der Waals surface area contributed by atoms with Crippen LogP contribution in [0.4, 0.5) is 0 Å². The van der Waals surface area contributed by atoms with Crippen LogP contribution in [0.1, 0.15) is 55.6 Å². The first-order valence-corrected chi connectivity index (χ1v) is 11.8. The fourth-order valence-electron chi connectivity index (χ4n) is 4.81. The third kappa shape index (κ3) is 3.07. The number of imidazole rings is 1. The molecule has 1 aliphatic heterocycles. The Morgan fingerprint density at radius 3 is 2.79 bits per heavy atom. The van der Waals surface area contributed by atoms with Crippen LogP contribution in [0.2, 0.25) is 0 Å². The summed E-state index contributed by atoms with van der Waals surface area (Å²) in [7, 11) is -3.48. The summed E-state index contributed by atoms with van der Waals surface area (Å²) in [5.74, 6) is 1.06. The summed E-state index contributed by atoms with van der Waals surface area (Å²) in [5, 5.41) is 0. The maximum Gasteiger partial charge on any atom is 0.243 e. The zero-order valence-corrected chi connectivity index (χ0v) is 17.7. The van der Waals surface area contributed by atoms with E-state index in [2.05, 4.69) is 23.4 Å². The predicted octanol–water partition coefficient (Wildman–Crippen LogP) is 3.68. The molecule has 0 saturated carbocycles. The van der Waals surface area contributed by atoms with Crippen LogP contribution in [0.5, 0.6) is 0 Å². The topological polar surface area (TPSA) is 68.1 Å². The van der Waals surface area contributed by atoms with E-state index < -0.39 is 10.0 Å². The van der Waals surface area contributed by atoms with Crippen LogP contribution in [0, 0.1) is 0 Å². The SMILES string of the molecule is CC(C)n1c([C@H]2CCN(S(=O)(=O)c3ccc4c(c3)CCC4)C2)nc2ccncc21. The summed E-state index contributed by atoms with van der Waals surface area (Å²) in [4.78, 5) is 9.54. The van der Waals surface area contributed by atoms with E-state index in [0.717, 1.165) is 42.5 Å². The van der Waals surface area contributed by atoms with E-state index in [9.17, 15) is 8.42 Å². The van der Waals surface area contributed by atoms with Gasteiger partial charge in [-0.3, -0.25) is 4.98 Å². The number of aromatic nitrogens is 3. The number of aryl methyl sites for hydroxylation is 2. The van der Waals surface area contributed by atoms with Crippen LogP contribution in [0.25, 0.3) is 11.0 Å². The molecule has 5 rings (SSSR count). The molecule has 1 atom stereocenters. The molecule has 0 N–H and O–H groups in total. The molecule has 3 heterocycles. The fourth-order valence-corrected chi connectivity index (χ4v) is 6.36. The van der Waals surface area contributed by atoms with E-state index in [1.807, 2.05) is 24.4 Å². The van der Waals surface area contributed by atoms with E-state index in [-0.39, 0.29) is 12.0 Å². The number of fused-ring (bicyclic) bond motifs is 2. The summed E-state index contributed by atoms with van der Waals surface area (Å²) >= 11 is 0. The lowest BCUT2D eigenvalue weighted by Gasteiger charge is -2.19. The van der Waals surface area contributed by atoms with Crippen LogP contribution < -0.4 is 0 Å². The molecule has 0 spiro atoms. The van der Waals surface area contributed by atoms with Gasteiger partial charge in [0.2, 0.25) is 10.0 Å². The zero-order chi connectivity index (χ0) is 20.2. The highest BCUT2D eigenvalue weighted by Crippen LogP contribution is 2.34. The molecule has 0 bridgehead atoms. The lowest BCUT2D eigenvalue weighted by molar-refractivity contribution is 0.466. The lowest BCUT2D eigenvalue weighted by atomic mass is 10.1. The quantitative estimate of drug-likeness (QED) is 0.658. The smallest absolute Gasteiger partial charge is 0.243 e. The molecule has 1 aromatic carbocycles. The lowest BCUT2D eigenvalue weighted by Crippen LogP contribution is -2.29. The molecule has 1 saturated heterocycles. The maximum absolute atomic E-state index is 13.3. The normalized spacial score (nSPS) is 20.0. The number of sulfonamides is 1. The Hall–Kier alpha value is -2.25. The second-order valence-electron chi connectivity index (χ2n) is 8.43. The third-order valence-electron chi connectivity index (χ3n) is 6.26. The van der Waals surface area contributed by atoms with Crippen molar-refractivity contribution in [2.45, 2.75) is 56.4 Å². The van der Waals surface area contributed by atoms with Crippen molar-refractivity contribution in [3.8, 4) is 0 Å². The minimum absolute atomic E-state index is 0.0917. The number of rotatable bonds is 4. The van der Waals surface area contributed by atoms with Crippen LogP contribution in [0.15, 0.2) is 41.6 Å². The second kappa shape index (κ2) is 6.92. The molecule has 3 aromatic rings. The molecule has 6 nitrogen and oxygen atoms in total. The van der Waals surface area contributed by atoms with Gasteiger partial charge in [0.15, 0.2) is 0 Å². The van der Waals surface area contributed by atoms with Gasteiger partial charge >= 0.3 is 0 Å². The molecular formula is C22H26N4O2S. The fraction of sp³-hybridized carbons (Fsp3) is 0.455. The number of nitrogens with zero attached hydrogens (tertiary/aromatic N) is 4. The Labute approximate surface area is 171 Å². The van der Waals surface area contributed by atoms with Crippen molar-refractivity contribution in [1.29, 1.82) is 0 Å². The average Bonchev–Trinajstić information content (AvgIpc) is 3.43. The van der Waals surface area contributed by atoms with Crippen molar-refractivity contribution in [1.82, 2.24) is 18.8 Å². The molecule has 2 aromatic heterocycles. The molecule has 1 aliphatic carbocycles. The standard InChI is InChI=1S/C22H26N4O2S/c1-15(2)26-21-13-23-10-8-20(21)24-22(26)18-9-11-25(14-18)29(27,28)19-7-6-16-4-3-5-17(16)12-19/h6-8,10,12-13,15,18H,3-5,9,11,14H2,1-2H3/t18-/m0/s1. The molecule has 152 valence electrons. The summed E-state index contributed by atoms with van der Waals surface area (Å²) in [5.41, 5.74) is 4.42. The van der Waals surface area contributed by atoms with Gasteiger partial charge in [-0.25, -0.2) is 13.4 Å². The molecule has 0 unspecified atom stereocenters. The highest BCUT2D eigenvalue weighted by Gasteiger charge is 2.36. The van der Waals surface area contributed by atoms with Crippen LogP contribution >= 0.6 is 0 Å². The first-order chi connectivity index (χ1) is 13.9. The number of hydrogen-bond acceptors (Lipinski definition) is 4. The van der Waals surface area contributed by atoms with E-state index in [1.165, 1.54) is 11.1 Å². The Balaban J connectivity index is 1.46. The van der Waals surface area contributed by atoms with Crippen molar-refractivity contribution in [3.05, 3.63) is 53.6 Å². The van der Waals surface area contributed by atoms with Crippen LogP contribution in [-0.4, -0.2) is 40.3 Å². The van der Waals surface area contributed by atoms with Crippen molar-refractivity contribution in [3.63, 3.8) is 0 Å². The Bertz CT molecular complexity index is 1180. The summed E-state index contributed by atoms with van der Waals surface area (Å²) in [6.45, 7) is 5.27. The van der Waals surface area contributed by atoms with E-state index >= 15 is 0 Å². The monoisotopic (exact) mass is 410 g/mol. The molecule has 7 heteroatoms. The average molecular weight is 411 g/mol. The van der Waals surface area contributed by atoms with E-state index in [4.69, 9.17) is 4.98 Å². The summed E-state index contributed by atoms with van der Waals surface area (Å²) in [6, 6.07) is 7.82. The van der Waals surface area contributed by atoms with Crippen LogP contribution in [0.3, 0.4) is 0 Å². The Morgan fingerprint density at radius 2 is 1.97 bits per heavy atom. The van der Waals surface area contributed by atoms with Crippen molar-refractivity contribution in [2.75, 3.05) is 13.1 Å². The van der Waals surface area contributed by atoms with Gasteiger partial charge in [-0.2, -0.15) is 4.31 Å². The molecular weight excluding hydrogens is 384 g/mol. The van der Waals surface area contributed by atoms with Gasteiger partial charge in [-0.1, -0.05) is 6.07 Å².